The lowest BCUT2D eigenvalue weighted by Gasteiger charge is -2.02. The lowest BCUT2D eigenvalue weighted by Crippen LogP contribution is -2.27. The predicted octanol–water partition coefficient (Wildman–Crippen LogP) is -0.385. The average Bonchev–Trinajstić information content (AvgIpc) is 2.15. The van der Waals surface area contributed by atoms with Crippen LogP contribution in [0.4, 0.5) is 0 Å². The van der Waals surface area contributed by atoms with Crippen molar-refractivity contribution in [1.82, 2.24) is 9.38 Å². The van der Waals surface area contributed by atoms with Crippen molar-refractivity contribution >= 4 is 11.6 Å². The van der Waals surface area contributed by atoms with Crippen molar-refractivity contribution in [2.24, 2.45) is 0 Å². The summed E-state index contributed by atoms with van der Waals surface area (Å²) in [6.45, 7) is 0. The molecule has 0 aliphatic heterocycles. The molecule has 0 saturated heterocycles. The largest absolute Gasteiger partial charge is 0.481 e. The van der Waals surface area contributed by atoms with Gasteiger partial charge in [-0.1, -0.05) is 6.07 Å². The summed E-state index contributed by atoms with van der Waals surface area (Å²) in [6.07, 6.45) is -0.283. The van der Waals surface area contributed by atoms with Crippen molar-refractivity contribution in [3.63, 3.8) is 0 Å². The highest BCUT2D eigenvalue weighted by atomic mass is 16.4. The van der Waals surface area contributed by atoms with Gasteiger partial charge in [0.15, 0.2) is 0 Å². The lowest BCUT2D eigenvalue weighted by molar-refractivity contribution is -0.136. The number of rotatable bonds is 2. The zero-order valence-electron chi connectivity index (χ0n) is 8.14. The molecule has 0 radical (unpaired) electrons. The molecule has 0 spiro atoms. The average molecular weight is 220 g/mol. The van der Waals surface area contributed by atoms with Crippen LogP contribution in [0, 0.1) is 0 Å². The molecule has 0 unspecified atom stereocenters. The Bertz CT molecular complexity index is 668. The van der Waals surface area contributed by atoms with Crippen molar-refractivity contribution in [2.45, 2.75) is 6.42 Å². The first-order valence-electron chi connectivity index (χ1n) is 4.54. The van der Waals surface area contributed by atoms with Gasteiger partial charge < -0.3 is 10.1 Å². The maximum atomic E-state index is 11.6. The van der Waals surface area contributed by atoms with Crippen molar-refractivity contribution in [3.8, 4) is 0 Å². The van der Waals surface area contributed by atoms with Gasteiger partial charge in [-0.25, -0.2) is 4.40 Å². The highest BCUT2D eigenvalue weighted by Gasteiger charge is 2.05. The van der Waals surface area contributed by atoms with E-state index in [4.69, 9.17) is 5.11 Å². The van der Waals surface area contributed by atoms with Crippen LogP contribution in [-0.2, 0) is 11.2 Å². The van der Waals surface area contributed by atoms with E-state index in [-0.39, 0.29) is 17.8 Å². The highest BCUT2D eigenvalue weighted by Crippen LogP contribution is 1.96. The molecule has 0 fully saturated rings. The topological polar surface area (TPSA) is 91.6 Å². The molecule has 6 heteroatoms. The molecule has 0 amide bonds. The number of aromatic amines is 1. The molecule has 82 valence electrons. The summed E-state index contributed by atoms with van der Waals surface area (Å²) in [6, 6.07) is 5.41. The molecule has 0 atom stereocenters. The summed E-state index contributed by atoms with van der Waals surface area (Å²) in [5.41, 5.74) is -0.421. The van der Waals surface area contributed by atoms with Gasteiger partial charge in [0.25, 0.3) is 11.1 Å². The third-order valence-corrected chi connectivity index (χ3v) is 2.10. The van der Waals surface area contributed by atoms with Crippen molar-refractivity contribution in [1.29, 1.82) is 0 Å². The van der Waals surface area contributed by atoms with Gasteiger partial charge in [0.05, 0.1) is 6.42 Å². The molecule has 2 rings (SSSR count). The Balaban J connectivity index is 2.74. The maximum absolute atomic E-state index is 11.6. The number of nitrogens with zero attached hydrogens (tertiary/aromatic N) is 1. The molecule has 16 heavy (non-hydrogen) atoms. The summed E-state index contributed by atoms with van der Waals surface area (Å²) >= 11 is 0. The Morgan fingerprint density at radius 2 is 2.06 bits per heavy atom. The van der Waals surface area contributed by atoms with Gasteiger partial charge in [0.2, 0.25) is 0 Å². The zero-order valence-corrected chi connectivity index (χ0v) is 8.14. The maximum Gasteiger partial charge on any atom is 0.309 e. The minimum atomic E-state index is -1.04. The normalized spacial score (nSPS) is 10.5. The number of aliphatic carboxylic acids is 1. The molecular formula is C10H8N2O4. The number of pyridine rings is 1. The fraction of sp³-hybridized carbons (Fsp3) is 0.100. The van der Waals surface area contributed by atoms with E-state index in [2.05, 4.69) is 4.98 Å². The molecule has 0 aliphatic carbocycles. The van der Waals surface area contributed by atoms with Crippen LogP contribution in [0.2, 0.25) is 0 Å². The van der Waals surface area contributed by atoms with Crippen LogP contribution in [-0.4, -0.2) is 20.5 Å². The second-order valence-corrected chi connectivity index (χ2v) is 3.29. The number of carboxylic acids is 1. The number of H-pyrrole nitrogens is 1. The minimum Gasteiger partial charge on any atom is -0.481 e. The smallest absolute Gasteiger partial charge is 0.309 e. The quantitative estimate of drug-likeness (QED) is 0.721. The Kier molecular flexibility index (Phi) is 2.32. The summed E-state index contributed by atoms with van der Waals surface area (Å²) in [4.78, 5) is 36.1. The number of carboxylic acid groups (broad SMARTS) is 1. The van der Waals surface area contributed by atoms with Crippen molar-refractivity contribution in [3.05, 3.63) is 50.7 Å². The third-order valence-electron chi connectivity index (χ3n) is 2.10. The first-order chi connectivity index (χ1) is 7.58. The Morgan fingerprint density at radius 1 is 1.31 bits per heavy atom. The molecule has 0 bridgehead atoms. The Morgan fingerprint density at radius 3 is 2.75 bits per heavy atom. The fourth-order valence-electron chi connectivity index (χ4n) is 1.49. The van der Waals surface area contributed by atoms with E-state index in [9.17, 15) is 14.4 Å². The summed E-state index contributed by atoms with van der Waals surface area (Å²) in [7, 11) is 0. The van der Waals surface area contributed by atoms with Gasteiger partial charge in [-0.15, -0.1) is 0 Å². The van der Waals surface area contributed by atoms with Gasteiger partial charge in [-0.3, -0.25) is 14.4 Å². The van der Waals surface area contributed by atoms with E-state index < -0.39 is 17.1 Å². The molecule has 2 aromatic heterocycles. The molecule has 0 saturated carbocycles. The van der Waals surface area contributed by atoms with E-state index in [1.807, 2.05) is 0 Å². The lowest BCUT2D eigenvalue weighted by atomic mass is 10.3. The predicted molar refractivity (Wildman–Crippen MR) is 55.6 cm³/mol. The summed E-state index contributed by atoms with van der Waals surface area (Å²) < 4.78 is 0.950. The molecule has 2 aromatic rings. The van der Waals surface area contributed by atoms with Gasteiger partial charge in [-0.2, -0.15) is 0 Å². The van der Waals surface area contributed by atoms with Crippen LogP contribution in [0.3, 0.4) is 0 Å². The van der Waals surface area contributed by atoms with Crippen molar-refractivity contribution < 1.29 is 9.90 Å². The van der Waals surface area contributed by atoms with E-state index in [1.165, 1.54) is 18.2 Å². The van der Waals surface area contributed by atoms with Crippen LogP contribution in [0.5, 0.6) is 0 Å². The van der Waals surface area contributed by atoms with E-state index in [1.54, 1.807) is 0 Å². The van der Waals surface area contributed by atoms with Crippen LogP contribution in [0.15, 0.2) is 33.9 Å². The second kappa shape index (κ2) is 3.65. The SMILES string of the molecule is O=C(O)Cc1cc(=O)n2c(=O)cccc2[nH]1. The Hall–Kier alpha value is -2.37. The van der Waals surface area contributed by atoms with Crippen molar-refractivity contribution in [2.75, 3.05) is 0 Å². The Labute approximate surface area is 88.8 Å². The van der Waals surface area contributed by atoms with Gasteiger partial charge in [0, 0.05) is 17.8 Å². The van der Waals surface area contributed by atoms with Gasteiger partial charge >= 0.3 is 5.97 Å². The van der Waals surface area contributed by atoms with Gasteiger partial charge in [0.1, 0.15) is 5.65 Å². The number of fused-ring (bicyclic) bond motifs is 1. The minimum absolute atomic E-state index is 0.267. The molecule has 2 heterocycles. The van der Waals surface area contributed by atoms with Gasteiger partial charge in [-0.05, 0) is 6.07 Å². The number of carbonyl (C=O) groups is 1. The third kappa shape index (κ3) is 1.72. The van der Waals surface area contributed by atoms with Crippen LogP contribution in [0.1, 0.15) is 5.69 Å². The molecule has 6 nitrogen and oxygen atoms in total. The molecular weight excluding hydrogens is 212 g/mol. The first kappa shape index (κ1) is 10.2. The summed E-state index contributed by atoms with van der Waals surface area (Å²) in [5.74, 6) is -1.04. The number of aromatic nitrogens is 2. The molecule has 2 N–H and O–H groups in total. The van der Waals surface area contributed by atoms with E-state index in [0.29, 0.717) is 0 Å². The van der Waals surface area contributed by atoms with E-state index >= 15 is 0 Å². The molecule has 0 aliphatic rings. The van der Waals surface area contributed by atoms with Crippen LogP contribution >= 0.6 is 0 Å². The highest BCUT2D eigenvalue weighted by molar-refractivity contribution is 5.69. The number of hydrogen-bond acceptors (Lipinski definition) is 3. The molecule has 0 aromatic carbocycles. The summed E-state index contributed by atoms with van der Waals surface area (Å²) in [5, 5.41) is 8.59. The van der Waals surface area contributed by atoms with Crippen LogP contribution < -0.4 is 11.1 Å². The van der Waals surface area contributed by atoms with Crippen LogP contribution in [0.25, 0.3) is 5.65 Å². The fourth-order valence-corrected chi connectivity index (χ4v) is 1.49. The van der Waals surface area contributed by atoms with E-state index in [0.717, 1.165) is 10.5 Å². The number of nitrogens with one attached hydrogen (secondary N) is 1. The standard InChI is InChI=1S/C10H8N2O4/c13-8-3-1-2-7-11-6(5-10(15)16)4-9(14)12(7)8/h1-4,11H,5H2,(H,15,16). The zero-order chi connectivity index (χ0) is 11.7. The number of hydrogen-bond donors (Lipinski definition) is 2. The monoisotopic (exact) mass is 220 g/mol. The second-order valence-electron chi connectivity index (χ2n) is 3.29. The first-order valence-corrected chi connectivity index (χ1v) is 4.54.